The van der Waals surface area contributed by atoms with E-state index in [-0.39, 0.29) is 24.2 Å². The summed E-state index contributed by atoms with van der Waals surface area (Å²) in [7, 11) is 0. The highest BCUT2D eigenvalue weighted by Gasteiger charge is 2.36. The normalized spacial score (nSPS) is 17.8. The van der Waals surface area contributed by atoms with Gasteiger partial charge < -0.3 is 25.0 Å². The molecule has 5 rings (SSSR count). The summed E-state index contributed by atoms with van der Waals surface area (Å²) in [5, 5.41) is 10.8. The van der Waals surface area contributed by atoms with E-state index in [4.69, 9.17) is 26.2 Å². The molecule has 0 spiro atoms. The Morgan fingerprint density at radius 3 is 2.66 bits per heavy atom. The largest absolute Gasteiger partial charge is 0.494 e. The third kappa shape index (κ3) is 5.42. The van der Waals surface area contributed by atoms with E-state index in [9.17, 15) is 4.79 Å². The maximum atomic E-state index is 13.3. The van der Waals surface area contributed by atoms with Gasteiger partial charge in [-0.2, -0.15) is 0 Å². The Balaban J connectivity index is 0.00000289. The number of amides is 1. The van der Waals surface area contributed by atoms with Crippen LogP contribution < -0.4 is 4.74 Å². The van der Waals surface area contributed by atoms with Crippen molar-refractivity contribution in [2.75, 3.05) is 26.4 Å². The molecule has 1 amide bonds. The van der Waals surface area contributed by atoms with Gasteiger partial charge in [-0.1, -0.05) is 36.6 Å². The SMILES string of the molecule is O.O=C(OCC1CCCC1)N1CCc2c([nH]c3ccc(Cl)cc23)C1c1ccc(OCCCO)cc1. The van der Waals surface area contributed by atoms with Gasteiger partial charge in [-0.05, 0) is 66.6 Å². The minimum absolute atomic E-state index is 0. The molecule has 4 N–H and O–H groups in total. The Kier molecular flexibility index (Phi) is 8.21. The topological polar surface area (TPSA) is 106 Å². The number of aromatic amines is 1. The molecule has 1 aliphatic carbocycles. The van der Waals surface area contributed by atoms with Crippen LogP contribution in [0.5, 0.6) is 5.75 Å². The molecule has 1 aliphatic heterocycles. The number of rotatable bonds is 7. The molecule has 1 aromatic heterocycles. The molecule has 1 fully saturated rings. The molecular weight excluding hydrogens is 468 g/mol. The first-order chi connectivity index (χ1) is 16.6. The number of aliphatic hydroxyl groups excluding tert-OH is 1. The molecule has 1 atom stereocenters. The summed E-state index contributed by atoms with van der Waals surface area (Å²) in [5.41, 5.74) is 4.22. The number of aromatic nitrogens is 1. The average Bonchev–Trinajstić information content (AvgIpc) is 3.50. The van der Waals surface area contributed by atoms with Crippen molar-refractivity contribution in [2.45, 2.75) is 44.6 Å². The van der Waals surface area contributed by atoms with E-state index in [1.54, 1.807) is 0 Å². The van der Waals surface area contributed by atoms with Crippen LogP contribution in [-0.2, 0) is 11.2 Å². The maximum absolute atomic E-state index is 13.3. The first-order valence-corrected chi connectivity index (χ1v) is 12.6. The van der Waals surface area contributed by atoms with Crippen molar-refractivity contribution in [3.8, 4) is 5.75 Å². The number of halogens is 1. The molecule has 0 radical (unpaired) electrons. The molecule has 8 heteroatoms. The molecule has 7 nitrogen and oxygen atoms in total. The summed E-state index contributed by atoms with van der Waals surface area (Å²) in [6.45, 7) is 1.64. The number of carbonyl (C=O) groups is 1. The lowest BCUT2D eigenvalue weighted by Gasteiger charge is -2.35. The van der Waals surface area contributed by atoms with Gasteiger partial charge in [0.2, 0.25) is 0 Å². The second-order valence-corrected chi connectivity index (χ2v) is 9.71. The van der Waals surface area contributed by atoms with Crippen LogP contribution in [-0.4, -0.2) is 52.9 Å². The Bertz CT molecular complexity index is 1140. The number of carbonyl (C=O) groups excluding carboxylic acids is 1. The Morgan fingerprint density at radius 1 is 1.14 bits per heavy atom. The van der Waals surface area contributed by atoms with Gasteiger partial charge in [-0.3, -0.25) is 4.90 Å². The van der Waals surface area contributed by atoms with Crippen LogP contribution in [0, 0.1) is 5.92 Å². The smallest absolute Gasteiger partial charge is 0.410 e. The molecule has 0 bridgehead atoms. The molecule has 3 aromatic rings. The van der Waals surface area contributed by atoms with E-state index in [1.165, 1.54) is 18.4 Å². The number of ether oxygens (including phenoxy) is 2. The lowest BCUT2D eigenvalue weighted by Crippen LogP contribution is -2.41. The second kappa shape index (κ2) is 11.3. The molecule has 1 saturated carbocycles. The Labute approximate surface area is 210 Å². The second-order valence-electron chi connectivity index (χ2n) is 9.28. The summed E-state index contributed by atoms with van der Waals surface area (Å²) in [5.74, 6) is 1.22. The van der Waals surface area contributed by atoms with Gasteiger partial charge in [0.1, 0.15) is 11.8 Å². The van der Waals surface area contributed by atoms with Crippen molar-refractivity contribution in [3.63, 3.8) is 0 Å². The van der Waals surface area contributed by atoms with Crippen LogP contribution in [0.4, 0.5) is 4.79 Å². The average molecular weight is 501 g/mol. The van der Waals surface area contributed by atoms with E-state index in [2.05, 4.69) is 4.98 Å². The van der Waals surface area contributed by atoms with Crippen LogP contribution in [0.25, 0.3) is 10.9 Å². The number of nitrogens with one attached hydrogen (secondary N) is 1. The fraction of sp³-hybridized carbons (Fsp3) is 0.444. The highest BCUT2D eigenvalue weighted by Crippen LogP contribution is 2.40. The van der Waals surface area contributed by atoms with Crippen LogP contribution in [0.2, 0.25) is 5.02 Å². The van der Waals surface area contributed by atoms with E-state index in [0.717, 1.165) is 47.2 Å². The predicted octanol–water partition coefficient (Wildman–Crippen LogP) is 5.03. The number of aliphatic hydroxyl groups is 1. The number of hydrogen-bond acceptors (Lipinski definition) is 4. The summed E-state index contributed by atoms with van der Waals surface area (Å²) in [4.78, 5) is 18.7. The molecule has 35 heavy (non-hydrogen) atoms. The van der Waals surface area contributed by atoms with Crippen molar-refractivity contribution in [1.29, 1.82) is 0 Å². The van der Waals surface area contributed by atoms with Crippen LogP contribution in [0.1, 0.15) is 55.0 Å². The van der Waals surface area contributed by atoms with Gasteiger partial charge in [0.15, 0.2) is 0 Å². The fourth-order valence-electron chi connectivity index (χ4n) is 5.25. The van der Waals surface area contributed by atoms with Crippen molar-refractivity contribution in [1.82, 2.24) is 9.88 Å². The first kappa shape index (κ1) is 25.4. The Hall–Kier alpha value is -2.74. The third-order valence-electron chi connectivity index (χ3n) is 7.01. The number of fused-ring (bicyclic) bond motifs is 3. The van der Waals surface area contributed by atoms with Crippen LogP contribution >= 0.6 is 11.6 Å². The predicted molar refractivity (Wildman–Crippen MR) is 136 cm³/mol. The van der Waals surface area contributed by atoms with E-state index in [1.807, 2.05) is 47.4 Å². The molecule has 188 valence electrons. The summed E-state index contributed by atoms with van der Waals surface area (Å²) >= 11 is 6.30. The van der Waals surface area contributed by atoms with E-state index < -0.39 is 0 Å². The number of H-pyrrole nitrogens is 1. The van der Waals surface area contributed by atoms with Crippen LogP contribution in [0.15, 0.2) is 42.5 Å². The number of benzene rings is 2. The Morgan fingerprint density at radius 2 is 1.91 bits per heavy atom. The van der Waals surface area contributed by atoms with Crippen molar-refractivity contribution in [3.05, 3.63) is 64.3 Å². The lowest BCUT2D eigenvalue weighted by molar-refractivity contribution is 0.0763. The molecular formula is C27H33ClN2O5. The highest BCUT2D eigenvalue weighted by atomic mass is 35.5. The monoisotopic (exact) mass is 500 g/mol. The number of hydrogen-bond donors (Lipinski definition) is 2. The van der Waals surface area contributed by atoms with Gasteiger partial charge in [-0.15, -0.1) is 0 Å². The minimum atomic E-state index is -0.280. The van der Waals surface area contributed by atoms with Gasteiger partial charge in [0.25, 0.3) is 0 Å². The zero-order valence-electron chi connectivity index (χ0n) is 19.8. The zero-order valence-corrected chi connectivity index (χ0v) is 20.5. The van der Waals surface area contributed by atoms with Crippen molar-refractivity contribution in [2.24, 2.45) is 5.92 Å². The minimum Gasteiger partial charge on any atom is -0.494 e. The summed E-state index contributed by atoms with van der Waals surface area (Å²) < 4.78 is 11.5. The van der Waals surface area contributed by atoms with Crippen LogP contribution in [0.3, 0.4) is 0 Å². The zero-order chi connectivity index (χ0) is 23.5. The van der Waals surface area contributed by atoms with Gasteiger partial charge >= 0.3 is 6.09 Å². The fourth-order valence-corrected chi connectivity index (χ4v) is 5.43. The molecule has 1 unspecified atom stereocenters. The summed E-state index contributed by atoms with van der Waals surface area (Å²) in [6.07, 6.45) is 5.80. The lowest BCUT2D eigenvalue weighted by atomic mass is 9.92. The van der Waals surface area contributed by atoms with Crippen molar-refractivity contribution < 1.29 is 24.9 Å². The maximum Gasteiger partial charge on any atom is 0.410 e. The van der Waals surface area contributed by atoms with E-state index in [0.29, 0.717) is 37.1 Å². The summed E-state index contributed by atoms with van der Waals surface area (Å²) in [6, 6.07) is 13.4. The molecule has 2 aliphatic rings. The standard InChI is InChI=1S/C27H31ClN2O4.H2O/c28-20-8-11-24-23(16-20)22-12-13-30(27(32)34-17-18-4-1-2-5-18)26(25(22)29-24)19-6-9-21(10-7-19)33-15-3-14-31;/h6-11,16,18,26,29,31H,1-5,12-15,17H2;1H2. The molecule has 2 aromatic carbocycles. The first-order valence-electron chi connectivity index (χ1n) is 12.2. The quantitative estimate of drug-likeness (QED) is 0.443. The third-order valence-corrected chi connectivity index (χ3v) is 7.24. The van der Waals surface area contributed by atoms with Crippen molar-refractivity contribution >= 4 is 28.6 Å². The number of nitrogens with zero attached hydrogens (tertiary/aromatic N) is 1. The molecule has 2 heterocycles. The van der Waals surface area contributed by atoms with E-state index >= 15 is 0 Å². The van der Waals surface area contributed by atoms with Gasteiger partial charge in [0.05, 0.1) is 13.2 Å². The molecule has 0 saturated heterocycles. The van der Waals surface area contributed by atoms with Gasteiger partial charge in [0, 0.05) is 41.2 Å². The highest BCUT2D eigenvalue weighted by molar-refractivity contribution is 6.31. The van der Waals surface area contributed by atoms with Gasteiger partial charge in [-0.25, -0.2) is 4.79 Å².